The first kappa shape index (κ1) is 14.8. The summed E-state index contributed by atoms with van der Waals surface area (Å²) >= 11 is 0. The lowest BCUT2D eigenvalue weighted by atomic mass is 10.2. The number of nitrogens with zero attached hydrogens (tertiary/aromatic N) is 5. The smallest absolute Gasteiger partial charge is 0.232 e. The molecule has 0 saturated carbocycles. The minimum absolute atomic E-state index is 0.429. The van der Waals surface area contributed by atoms with Crippen LogP contribution in [0.15, 0.2) is 0 Å². The summed E-state index contributed by atoms with van der Waals surface area (Å²) < 4.78 is 0. The molecule has 0 amide bonds. The molecule has 0 aromatic carbocycles. The Hall–Kier alpha value is -1.59. The van der Waals surface area contributed by atoms with E-state index in [9.17, 15) is 0 Å². The van der Waals surface area contributed by atoms with Crippen molar-refractivity contribution in [1.82, 2.24) is 15.0 Å². The van der Waals surface area contributed by atoms with Crippen molar-refractivity contribution < 1.29 is 0 Å². The van der Waals surface area contributed by atoms with Crippen LogP contribution >= 0.6 is 0 Å². The molecule has 1 atom stereocenters. The van der Waals surface area contributed by atoms with E-state index in [0.717, 1.165) is 38.0 Å². The first-order valence-electron chi connectivity index (χ1n) is 7.65. The van der Waals surface area contributed by atoms with Crippen molar-refractivity contribution in [2.24, 2.45) is 0 Å². The van der Waals surface area contributed by atoms with Gasteiger partial charge in [-0.15, -0.1) is 0 Å². The van der Waals surface area contributed by atoms with Crippen LogP contribution in [0.3, 0.4) is 0 Å². The summed E-state index contributed by atoms with van der Waals surface area (Å²) in [5.74, 6) is 2.24. The third kappa shape index (κ3) is 3.11. The van der Waals surface area contributed by atoms with Gasteiger partial charge in [0.1, 0.15) is 0 Å². The highest BCUT2D eigenvalue weighted by atomic mass is 15.4. The summed E-state index contributed by atoms with van der Waals surface area (Å²) in [4.78, 5) is 18.2. The fourth-order valence-electron chi connectivity index (χ4n) is 2.52. The van der Waals surface area contributed by atoms with Crippen LogP contribution in [0, 0.1) is 0 Å². The van der Waals surface area contributed by atoms with Crippen LogP contribution in [0.1, 0.15) is 40.0 Å². The average Bonchev–Trinajstić information content (AvgIpc) is 3.01. The van der Waals surface area contributed by atoms with Crippen molar-refractivity contribution in [1.29, 1.82) is 0 Å². The molecular formula is C14H26N6. The Kier molecular flexibility index (Phi) is 4.98. The van der Waals surface area contributed by atoms with E-state index in [0.29, 0.717) is 12.0 Å². The molecule has 1 saturated heterocycles. The van der Waals surface area contributed by atoms with Crippen molar-refractivity contribution >= 4 is 17.8 Å². The largest absolute Gasteiger partial charge is 0.357 e. The lowest BCUT2D eigenvalue weighted by Crippen LogP contribution is -2.34. The van der Waals surface area contributed by atoms with Gasteiger partial charge in [0.25, 0.3) is 0 Å². The summed E-state index contributed by atoms with van der Waals surface area (Å²) in [5.41, 5.74) is 0. The Bertz CT molecular complexity index is 430. The average molecular weight is 278 g/mol. The second-order valence-electron chi connectivity index (χ2n) is 5.25. The Morgan fingerprint density at radius 3 is 2.45 bits per heavy atom. The standard InChI is InChI=1S/C14H26N6/c1-5-11(3)20(6-2)14-17-12(15-4)16-13(18-14)19-9-7-8-10-19/h11H,5-10H2,1-4H3,(H,15,16,17,18). The van der Waals surface area contributed by atoms with E-state index in [1.165, 1.54) is 12.8 Å². The summed E-state index contributed by atoms with van der Waals surface area (Å²) in [5, 5.41) is 3.05. The van der Waals surface area contributed by atoms with Gasteiger partial charge in [-0.1, -0.05) is 6.92 Å². The van der Waals surface area contributed by atoms with E-state index < -0.39 is 0 Å². The van der Waals surface area contributed by atoms with Crippen LogP contribution in [-0.4, -0.2) is 47.7 Å². The number of hydrogen-bond acceptors (Lipinski definition) is 6. The van der Waals surface area contributed by atoms with Crippen LogP contribution in [0.25, 0.3) is 0 Å². The Balaban J connectivity index is 2.33. The van der Waals surface area contributed by atoms with Crippen LogP contribution in [0.4, 0.5) is 17.8 Å². The third-order valence-electron chi connectivity index (χ3n) is 3.94. The maximum absolute atomic E-state index is 4.69. The fourth-order valence-corrected chi connectivity index (χ4v) is 2.52. The maximum Gasteiger partial charge on any atom is 0.232 e. The molecule has 0 aliphatic carbocycles. The van der Waals surface area contributed by atoms with E-state index in [1.54, 1.807) is 0 Å². The van der Waals surface area contributed by atoms with Gasteiger partial charge in [-0.25, -0.2) is 0 Å². The van der Waals surface area contributed by atoms with Gasteiger partial charge < -0.3 is 15.1 Å². The van der Waals surface area contributed by atoms with Crippen molar-refractivity contribution in [3.05, 3.63) is 0 Å². The van der Waals surface area contributed by atoms with Crippen LogP contribution in [0.2, 0.25) is 0 Å². The summed E-state index contributed by atoms with van der Waals surface area (Å²) in [6.07, 6.45) is 3.52. The van der Waals surface area contributed by atoms with Crippen LogP contribution in [-0.2, 0) is 0 Å². The van der Waals surface area contributed by atoms with Gasteiger partial charge in [-0.2, -0.15) is 15.0 Å². The lowest BCUT2D eigenvalue weighted by Gasteiger charge is -2.28. The third-order valence-corrected chi connectivity index (χ3v) is 3.94. The molecule has 0 radical (unpaired) electrons. The molecule has 1 aliphatic heterocycles. The van der Waals surface area contributed by atoms with Gasteiger partial charge in [0.2, 0.25) is 17.8 Å². The molecule has 1 unspecified atom stereocenters. The van der Waals surface area contributed by atoms with E-state index >= 15 is 0 Å². The lowest BCUT2D eigenvalue weighted by molar-refractivity contribution is 0.613. The zero-order valence-corrected chi connectivity index (χ0v) is 13.1. The van der Waals surface area contributed by atoms with Crippen molar-refractivity contribution in [3.8, 4) is 0 Å². The molecule has 0 bridgehead atoms. The number of nitrogens with one attached hydrogen (secondary N) is 1. The van der Waals surface area contributed by atoms with Gasteiger partial charge in [-0.05, 0) is 33.1 Å². The van der Waals surface area contributed by atoms with Gasteiger partial charge in [0.15, 0.2) is 0 Å². The summed E-state index contributed by atoms with van der Waals surface area (Å²) in [6, 6.07) is 0.429. The first-order valence-corrected chi connectivity index (χ1v) is 7.65. The fraction of sp³-hybridized carbons (Fsp3) is 0.786. The highest BCUT2D eigenvalue weighted by Gasteiger charge is 2.20. The molecule has 1 N–H and O–H groups in total. The molecule has 2 heterocycles. The molecule has 112 valence electrons. The second kappa shape index (κ2) is 6.72. The Morgan fingerprint density at radius 2 is 1.90 bits per heavy atom. The van der Waals surface area contributed by atoms with E-state index in [1.807, 2.05) is 7.05 Å². The predicted molar refractivity (Wildman–Crippen MR) is 83.6 cm³/mol. The maximum atomic E-state index is 4.69. The molecule has 1 aromatic heterocycles. The predicted octanol–water partition coefficient (Wildman–Crippen LogP) is 2.14. The minimum atomic E-state index is 0.429. The van der Waals surface area contributed by atoms with E-state index in [4.69, 9.17) is 4.98 Å². The van der Waals surface area contributed by atoms with E-state index in [-0.39, 0.29) is 0 Å². The Labute approximate surface area is 121 Å². The van der Waals surface area contributed by atoms with Crippen molar-refractivity contribution in [3.63, 3.8) is 0 Å². The highest BCUT2D eigenvalue weighted by Crippen LogP contribution is 2.21. The normalized spacial score (nSPS) is 16.3. The van der Waals surface area contributed by atoms with Gasteiger partial charge in [-0.3, -0.25) is 0 Å². The number of aromatic nitrogens is 3. The topological polar surface area (TPSA) is 57.2 Å². The van der Waals surface area contributed by atoms with Crippen molar-refractivity contribution in [2.45, 2.75) is 46.1 Å². The van der Waals surface area contributed by atoms with Crippen LogP contribution < -0.4 is 15.1 Å². The number of rotatable bonds is 6. The molecule has 1 aliphatic rings. The SMILES string of the molecule is CCC(C)N(CC)c1nc(NC)nc(N2CCCC2)n1. The first-order chi connectivity index (χ1) is 9.69. The molecule has 2 rings (SSSR count). The zero-order valence-electron chi connectivity index (χ0n) is 13.1. The van der Waals surface area contributed by atoms with Gasteiger partial charge in [0.05, 0.1) is 0 Å². The number of hydrogen-bond donors (Lipinski definition) is 1. The molecule has 1 fully saturated rings. The molecule has 20 heavy (non-hydrogen) atoms. The molecule has 6 nitrogen and oxygen atoms in total. The van der Waals surface area contributed by atoms with E-state index in [2.05, 4.69) is 45.9 Å². The van der Waals surface area contributed by atoms with Gasteiger partial charge in [0, 0.05) is 32.7 Å². The molecule has 1 aromatic rings. The van der Waals surface area contributed by atoms with Gasteiger partial charge >= 0.3 is 0 Å². The Morgan fingerprint density at radius 1 is 1.20 bits per heavy atom. The minimum Gasteiger partial charge on any atom is -0.357 e. The zero-order chi connectivity index (χ0) is 14.5. The quantitative estimate of drug-likeness (QED) is 0.860. The second-order valence-corrected chi connectivity index (χ2v) is 5.25. The summed E-state index contributed by atoms with van der Waals surface area (Å²) in [6.45, 7) is 9.53. The molecule has 0 spiro atoms. The highest BCUT2D eigenvalue weighted by molar-refractivity contribution is 5.45. The number of anilines is 3. The van der Waals surface area contributed by atoms with Crippen LogP contribution in [0.5, 0.6) is 0 Å². The monoisotopic (exact) mass is 278 g/mol. The summed E-state index contributed by atoms with van der Waals surface area (Å²) in [7, 11) is 1.85. The molecular weight excluding hydrogens is 252 g/mol. The van der Waals surface area contributed by atoms with Crippen molar-refractivity contribution in [2.75, 3.05) is 41.8 Å². The molecule has 6 heteroatoms.